The van der Waals surface area contributed by atoms with Gasteiger partial charge in [-0.1, -0.05) is 48.5 Å². The van der Waals surface area contributed by atoms with Gasteiger partial charge in [-0.3, -0.25) is 0 Å². The second-order valence-corrected chi connectivity index (χ2v) is 6.18. The van der Waals surface area contributed by atoms with Crippen molar-refractivity contribution in [3.05, 3.63) is 71.3 Å². The Morgan fingerprint density at radius 1 is 1.12 bits per heavy atom. The molecule has 2 aromatic carbocycles. The first-order valence-electron chi connectivity index (χ1n) is 8.61. The van der Waals surface area contributed by atoms with Crippen molar-refractivity contribution in [2.45, 2.75) is 38.2 Å². The van der Waals surface area contributed by atoms with Crippen LogP contribution in [0, 0.1) is 5.92 Å². The first kappa shape index (κ1) is 15.3. The molecule has 0 amide bonds. The van der Waals surface area contributed by atoms with Gasteiger partial charge in [0.2, 0.25) is 5.92 Å². The molecule has 4 heteroatoms. The number of esters is 1. The normalized spacial score (nSPS) is 18.3. The summed E-state index contributed by atoms with van der Waals surface area (Å²) in [6, 6.07) is 16.3. The second kappa shape index (κ2) is 7.12. The van der Waals surface area contributed by atoms with Crippen LogP contribution in [-0.2, 0) is 17.8 Å². The van der Waals surface area contributed by atoms with E-state index in [0.717, 1.165) is 5.56 Å². The lowest BCUT2D eigenvalue weighted by atomic mass is 9.77. The first-order valence-corrected chi connectivity index (χ1v) is 8.04. The third-order valence-corrected chi connectivity index (χ3v) is 4.24. The summed E-state index contributed by atoms with van der Waals surface area (Å²) in [5.74, 6) is -3.40. The molecule has 0 aliphatic heterocycles. The second-order valence-electron chi connectivity index (χ2n) is 6.18. The van der Waals surface area contributed by atoms with Crippen LogP contribution in [0.3, 0.4) is 0 Å². The fraction of sp³-hybridized carbons (Fsp3) is 0.350. The Bertz CT molecular complexity index is 725. The van der Waals surface area contributed by atoms with Crippen LogP contribution in [0.4, 0.5) is 8.78 Å². The van der Waals surface area contributed by atoms with E-state index in [9.17, 15) is 13.6 Å². The van der Waals surface area contributed by atoms with Crippen molar-refractivity contribution in [3.63, 3.8) is 0 Å². The molecule has 0 aromatic heterocycles. The van der Waals surface area contributed by atoms with Crippen LogP contribution < -0.4 is 0 Å². The third-order valence-electron chi connectivity index (χ3n) is 4.24. The molecule has 2 aromatic rings. The Balaban J connectivity index is 1.63. The van der Waals surface area contributed by atoms with Crippen molar-refractivity contribution < 1.29 is 19.7 Å². The molecule has 0 saturated heterocycles. The van der Waals surface area contributed by atoms with Crippen molar-refractivity contribution in [2.75, 3.05) is 0 Å². The van der Waals surface area contributed by atoms with Gasteiger partial charge in [-0.05, 0) is 35.9 Å². The molecular formula is C20H20F2O2. The highest BCUT2D eigenvalue weighted by molar-refractivity contribution is 5.91. The van der Waals surface area contributed by atoms with Gasteiger partial charge >= 0.3 is 5.97 Å². The highest BCUT2D eigenvalue weighted by atomic mass is 19.3. The van der Waals surface area contributed by atoms with Crippen molar-refractivity contribution in [1.82, 2.24) is 0 Å². The van der Waals surface area contributed by atoms with Gasteiger partial charge in [0, 0.05) is 14.2 Å². The van der Waals surface area contributed by atoms with E-state index in [1.54, 1.807) is 24.3 Å². The zero-order chi connectivity index (χ0) is 17.9. The average Bonchev–Trinajstić information content (AvgIpc) is 2.59. The molecule has 0 heterocycles. The molecule has 0 bridgehead atoms. The standard InChI is InChI=1S/C20H20F2O2/c21-20(22)12-16(13-20)10-11-17-8-4-5-9-18(17)19(23)24-14-15-6-2-1-3-7-15/h1-9,16H,10-14H2/i10D. The number of halogens is 2. The summed E-state index contributed by atoms with van der Waals surface area (Å²) in [5.41, 5.74) is 1.97. The van der Waals surface area contributed by atoms with Gasteiger partial charge in [-0.25, -0.2) is 13.6 Å². The van der Waals surface area contributed by atoms with Gasteiger partial charge < -0.3 is 4.74 Å². The van der Waals surface area contributed by atoms with Crippen LogP contribution in [0.5, 0.6) is 0 Å². The molecule has 2 nitrogen and oxygen atoms in total. The molecule has 1 aliphatic carbocycles. The van der Waals surface area contributed by atoms with E-state index in [4.69, 9.17) is 6.11 Å². The molecule has 1 fully saturated rings. The number of alkyl halides is 2. The summed E-state index contributed by atoms with van der Waals surface area (Å²) >= 11 is 0. The Kier molecular flexibility index (Phi) is 4.54. The Morgan fingerprint density at radius 3 is 2.50 bits per heavy atom. The summed E-state index contributed by atoms with van der Waals surface area (Å²) in [7, 11) is 0. The zero-order valence-electron chi connectivity index (χ0n) is 14.3. The maximum atomic E-state index is 13.0. The van der Waals surface area contributed by atoms with Crippen molar-refractivity contribution in [3.8, 4) is 0 Å². The zero-order valence-corrected chi connectivity index (χ0v) is 13.3. The number of rotatable bonds is 6. The van der Waals surface area contributed by atoms with Gasteiger partial charge in [0.25, 0.3) is 0 Å². The van der Waals surface area contributed by atoms with Crippen molar-refractivity contribution >= 4 is 5.97 Å². The largest absolute Gasteiger partial charge is 0.457 e. The number of carbonyl (C=O) groups is 1. The van der Waals surface area contributed by atoms with Crippen LogP contribution >= 0.6 is 0 Å². The van der Waals surface area contributed by atoms with E-state index in [2.05, 4.69) is 0 Å². The summed E-state index contributed by atoms with van der Waals surface area (Å²) in [4.78, 5) is 12.4. The van der Waals surface area contributed by atoms with Gasteiger partial charge in [0.15, 0.2) is 0 Å². The Hall–Kier alpha value is -2.23. The predicted octanol–water partition coefficient (Wildman–Crippen LogP) is 5.02. The van der Waals surface area contributed by atoms with Gasteiger partial charge in [0.05, 0.1) is 5.56 Å². The summed E-state index contributed by atoms with van der Waals surface area (Å²) in [5, 5.41) is 0. The number of aryl methyl sites for hydroxylation is 1. The van der Waals surface area contributed by atoms with Crippen LogP contribution in [-0.4, -0.2) is 11.9 Å². The molecule has 24 heavy (non-hydrogen) atoms. The lowest BCUT2D eigenvalue weighted by Crippen LogP contribution is -2.35. The maximum Gasteiger partial charge on any atom is 0.338 e. The molecule has 0 radical (unpaired) electrons. The number of carbonyl (C=O) groups excluding carboxylic acids is 1. The number of hydrogen-bond donors (Lipinski definition) is 0. The van der Waals surface area contributed by atoms with Crippen LogP contribution in [0.15, 0.2) is 54.6 Å². The van der Waals surface area contributed by atoms with Crippen molar-refractivity contribution in [2.24, 2.45) is 5.92 Å². The third kappa shape index (κ3) is 4.19. The Labute approximate surface area is 141 Å². The minimum atomic E-state index is -2.63. The predicted molar refractivity (Wildman–Crippen MR) is 88.0 cm³/mol. The molecule has 1 saturated carbocycles. The molecule has 1 aliphatic rings. The highest BCUT2D eigenvalue weighted by Gasteiger charge is 2.44. The number of benzene rings is 2. The quantitative estimate of drug-likeness (QED) is 0.695. The number of ether oxygens (including phenoxy) is 1. The van der Waals surface area contributed by atoms with E-state index in [0.29, 0.717) is 11.1 Å². The molecule has 0 spiro atoms. The SMILES string of the molecule is [2H]C(Cc1ccccc1C(=O)OCc1ccccc1)C1CC(F)(F)C1. The summed E-state index contributed by atoms with van der Waals surface area (Å²) in [6.45, 7) is 0.174. The lowest BCUT2D eigenvalue weighted by Gasteiger charge is -2.35. The van der Waals surface area contributed by atoms with E-state index >= 15 is 0 Å². The van der Waals surface area contributed by atoms with E-state index in [1.807, 2.05) is 30.3 Å². The van der Waals surface area contributed by atoms with E-state index in [-0.39, 0.29) is 31.8 Å². The molecule has 1 unspecified atom stereocenters. The van der Waals surface area contributed by atoms with Gasteiger partial charge in [-0.2, -0.15) is 0 Å². The van der Waals surface area contributed by atoms with E-state index < -0.39 is 18.3 Å². The maximum absolute atomic E-state index is 13.0. The fourth-order valence-electron chi connectivity index (χ4n) is 2.87. The minimum absolute atomic E-state index is 0.174. The Morgan fingerprint density at radius 2 is 1.79 bits per heavy atom. The van der Waals surface area contributed by atoms with Crippen LogP contribution in [0.1, 0.15) is 42.1 Å². The number of hydrogen-bond acceptors (Lipinski definition) is 2. The van der Waals surface area contributed by atoms with Gasteiger partial charge in [-0.15, -0.1) is 0 Å². The highest BCUT2D eigenvalue weighted by Crippen LogP contribution is 2.44. The van der Waals surface area contributed by atoms with Crippen molar-refractivity contribution in [1.29, 1.82) is 0 Å². The molecule has 3 rings (SSSR count). The monoisotopic (exact) mass is 331 g/mol. The van der Waals surface area contributed by atoms with Gasteiger partial charge in [0.1, 0.15) is 6.61 Å². The smallest absolute Gasteiger partial charge is 0.338 e. The first-order chi connectivity index (χ1) is 11.9. The molecular weight excluding hydrogens is 310 g/mol. The van der Waals surface area contributed by atoms with E-state index in [1.165, 1.54) is 0 Å². The summed E-state index contributed by atoms with van der Waals surface area (Å²) in [6.07, 6.45) is -0.830. The van der Waals surface area contributed by atoms with Crippen LogP contribution in [0.2, 0.25) is 0 Å². The molecule has 0 N–H and O–H groups in total. The molecule has 1 atom stereocenters. The average molecular weight is 331 g/mol. The summed E-state index contributed by atoms with van der Waals surface area (Å²) < 4.78 is 39.5. The lowest BCUT2D eigenvalue weighted by molar-refractivity contribution is -0.111. The molecule has 126 valence electrons. The fourth-order valence-corrected chi connectivity index (χ4v) is 2.87. The minimum Gasteiger partial charge on any atom is -0.457 e. The topological polar surface area (TPSA) is 26.3 Å². The van der Waals surface area contributed by atoms with Crippen LogP contribution in [0.25, 0.3) is 0 Å².